The van der Waals surface area contributed by atoms with Crippen molar-refractivity contribution in [2.45, 2.75) is 25.3 Å². The fraction of sp³-hybridized carbons (Fsp3) is 0.467. The van der Waals surface area contributed by atoms with Crippen LogP contribution in [0.4, 0.5) is 4.79 Å². The van der Waals surface area contributed by atoms with E-state index in [1.165, 1.54) is 6.92 Å². The van der Waals surface area contributed by atoms with E-state index in [2.05, 4.69) is 5.32 Å². The molecule has 1 aliphatic carbocycles. The van der Waals surface area contributed by atoms with E-state index in [0.29, 0.717) is 18.0 Å². The van der Waals surface area contributed by atoms with E-state index in [1.807, 2.05) is 6.07 Å². The molecule has 2 amide bonds. The molecule has 5 nitrogen and oxygen atoms in total. The number of urea groups is 1. The van der Waals surface area contributed by atoms with E-state index in [9.17, 15) is 14.7 Å². The minimum atomic E-state index is -1.42. The molecule has 0 aromatic heterocycles. The summed E-state index contributed by atoms with van der Waals surface area (Å²) in [4.78, 5) is 25.3. The first kappa shape index (κ1) is 14.4. The van der Waals surface area contributed by atoms with Crippen LogP contribution in [0.1, 0.15) is 25.3 Å². The van der Waals surface area contributed by atoms with Gasteiger partial charge in [0.2, 0.25) is 0 Å². The number of hydrogen-bond acceptors (Lipinski definition) is 2. The Kier molecular flexibility index (Phi) is 3.97. The molecule has 1 unspecified atom stereocenters. The molecule has 20 heavy (non-hydrogen) atoms. The Bertz CT molecular complexity index is 499. The molecular formula is C15H20N2O3. The smallest absolute Gasteiger partial charge is 0.333 e. The normalized spacial score (nSPS) is 17.1. The van der Waals surface area contributed by atoms with Gasteiger partial charge < -0.3 is 15.3 Å². The molecule has 0 radical (unpaired) electrons. The SMILES string of the molecule is CN(CC1CC1)C(=O)NC(C)(C(=O)O)c1ccccc1. The first-order chi connectivity index (χ1) is 9.43. The number of carboxylic acids is 1. The van der Waals surface area contributed by atoms with Crippen molar-refractivity contribution in [1.82, 2.24) is 10.2 Å². The van der Waals surface area contributed by atoms with E-state index in [-0.39, 0.29) is 6.03 Å². The zero-order chi connectivity index (χ0) is 14.8. The molecule has 0 aliphatic heterocycles. The van der Waals surface area contributed by atoms with Crippen molar-refractivity contribution < 1.29 is 14.7 Å². The number of carbonyl (C=O) groups is 2. The number of carboxylic acid groups (broad SMARTS) is 1. The van der Waals surface area contributed by atoms with Crippen LogP contribution in [0.3, 0.4) is 0 Å². The summed E-state index contributed by atoms with van der Waals surface area (Å²) in [6, 6.07) is 8.38. The molecule has 0 heterocycles. The highest BCUT2D eigenvalue weighted by Crippen LogP contribution is 2.29. The van der Waals surface area contributed by atoms with Gasteiger partial charge in [0.25, 0.3) is 0 Å². The van der Waals surface area contributed by atoms with Crippen LogP contribution in [0.25, 0.3) is 0 Å². The molecule has 1 aromatic rings. The summed E-state index contributed by atoms with van der Waals surface area (Å²) < 4.78 is 0. The summed E-state index contributed by atoms with van der Waals surface area (Å²) in [5.41, 5.74) is -0.864. The molecule has 1 aliphatic rings. The Morgan fingerprint density at radius 2 is 1.95 bits per heavy atom. The summed E-state index contributed by atoms with van der Waals surface area (Å²) in [7, 11) is 1.70. The standard InChI is InChI=1S/C15H20N2O3/c1-15(13(18)19,12-6-4-3-5-7-12)16-14(20)17(2)10-11-8-9-11/h3-7,11H,8-10H2,1-2H3,(H,16,20)(H,18,19). The average Bonchev–Trinajstić information content (AvgIpc) is 3.23. The number of amides is 2. The Morgan fingerprint density at radius 3 is 2.45 bits per heavy atom. The van der Waals surface area contributed by atoms with Crippen LogP contribution in [0.15, 0.2) is 30.3 Å². The second kappa shape index (κ2) is 5.53. The van der Waals surface area contributed by atoms with Crippen LogP contribution in [0.2, 0.25) is 0 Å². The average molecular weight is 276 g/mol. The largest absolute Gasteiger partial charge is 0.479 e. The second-order valence-corrected chi connectivity index (χ2v) is 5.55. The third-order valence-corrected chi connectivity index (χ3v) is 3.71. The van der Waals surface area contributed by atoms with Crippen LogP contribution in [-0.4, -0.2) is 35.6 Å². The lowest BCUT2D eigenvalue weighted by Crippen LogP contribution is -2.53. The van der Waals surface area contributed by atoms with Crippen LogP contribution < -0.4 is 5.32 Å². The molecule has 1 saturated carbocycles. The van der Waals surface area contributed by atoms with Crippen molar-refractivity contribution in [3.63, 3.8) is 0 Å². The molecule has 1 fully saturated rings. The van der Waals surface area contributed by atoms with Gasteiger partial charge in [-0.25, -0.2) is 9.59 Å². The van der Waals surface area contributed by atoms with Crippen molar-refractivity contribution in [3.05, 3.63) is 35.9 Å². The van der Waals surface area contributed by atoms with E-state index in [0.717, 1.165) is 12.8 Å². The number of carbonyl (C=O) groups excluding carboxylic acids is 1. The van der Waals surface area contributed by atoms with Gasteiger partial charge in [-0.3, -0.25) is 0 Å². The molecule has 2 N–H and O–H groups in total. The number of aliphatic carboxylic acids is 1. The summed E-state index contributed by atoms with van der Waals surface area (Å²) in [6.07, 6.45) is 2.29. The highest BCUT2D eigenvalue weighted by atomic mass is 16.4. The van der Waals surface area contributed by atoms with Gasteiger partial charge in [0, 0.05) is 13.6 Å². The Labute approximate surface area is 118 Å². The fourth-order valence-electron chi connectivity index (χ4n) is 2.10. The summed E-state index contributed by atoms with van der Waals surface area (Å²) in [6.45, 7) is 2.18. The summed E-state index contributed by atoms with van der Waals surface area (Å²) in [5.74, 6) is -0.504. The Hall–Kier alpha value is -2.04. The van der Waals surface area contributed by atoms with Crippen molar-refractivity contribution in [2.24, 2.45) is 5.92 Å². The fourth-order valence-corrected chi connectivity index (χ4v) is 2.10. The maximum atomic E-state index is 12.2. The van der Waals surface area contributed by atoms with Gasteiger partial charge in [-0.1, -0.05) is 30.3 Å². The van der Waals surface area contributed by atoms with Crippen LogP contribution in [0.5, 0.6) is 0 Å². The molecule has 5 heteroatoms. The van der Waals surface area contributed by atoms with Gasteiger partial charge in [0.05, 0.1) is 0 Å². The van der Waals surface area contributed by atoms with Crippen molar-refractivity contribution in [1.29, 1.82) is 0 Å². The van der Waals surface area contributed by atoms with E-state index >= 15 is 0 Å². The Balaban J connectivity index is 2.12. The van der Waals surface area contributed by atoms with Crippen LogP contribution >= 0.6 is 0 Å². The molecule has 2 rings (SSSR count). The van der Waals surface area contributed by atoms with Gasteiger partial charge in [0.1, 0.15) is 0 Å². The number of nitrogens with one attached hydrogen (secondary N) is 1. The lowest BCUT2D eigenvalue weighted by molar-refractivity contribution is -0.144. The predicted octanol–water partition coefficient (Wildman–Crippen LogP) is 2.04. The lowest BCUT2D eigenvalue weighted by atomic mass is 9.92. The topological polar surface area (TPSA) is 69.6 Å². The number of benzene rings is 1. The molecular weight excluding hydrogens is 256 g/mol. The molecule has 1 aromatic carbocycles. The number of rotatable bonds is 5. The van der Waals surface area contributed by atoms with Crippen molar-refractivity contribution >= 4 is 12.0 Å². The second-order valence-electron chi connectivity index (χ2n) is 5.55. The van der Waals surface area contributed by atoms with Gasteiger partial charge in [-0.15, -0.1) is 0 Å². The number of hydrogen-bond donors (Lipinski definition) is 2. The maximum absolute atomic E-state index is 12.2. The highest BCUT2D eigenvalue weighted by molar-refractivity contribution is 5.87. The zero-order valence-corrected chi connectivity index (χ0v) is 11.8. The minimum Gasteiger partial charge on any atom is -0.479 e. The number of nitrogens with zero attached hydrogens (tertiary/aromatic N) is 1. The predicted molar refractivity (Wildman–Crippen MR) is 75.3 cm³/mol. The zero-order valence-electron chi connectivity index (χ0n) is 11.8. The van der Waals surface area contributed by atoms with E-state index < -0.39 is 11.5 Å². The highest BCUT2D eigenvalue weighted by Gasteiger charge is 2.38. The van der Waals surface area contributed by atoms with E-state index in [4.69, 9.17) is 0 Å². The summed E-state index contributed by atoms with van der Waals surface area (Å²) >= 11 is 0. The van der Waals surface area contributed by atoms with Gasteiger partial charge in [0.15, 0.2) is 5.54 Å². The Morgan fingerprint density at radius 1 is 1.35 bits per heavy atom. The maximum Gasteiger partial charge on any atom is 0.333 e. The first-order valence-electron chi connectivity index (χ1n) is 6.75. The molecule has 0 saturated heterocycles. The monoisotopic (exact) mass is 276 g/mol. The van der Waals surface area contributed by atoms with Crippen molar-refractivity contribution in [2.75, 3.05) is 13.6 Å². The molecule has 0 spiro atoms. The van der Waals surface area contributed by atoms with Gasteiger partial charge >= 0.3 is 12.0 Å². The van der Waals surface area contributed by atoms with Crippen LogP contribution in [0, 0.1) is 5.92 Å². The van der Waals surface area contributed by atoms with Gasteiger partial charge in [-0.2, -0.15) is 0 Å². The minimum absolute atomic E-state index is 0.356. The van der Waals surface area contributed by atoms with Crippen LogP contribution in [-0.2, 0) is 10.3 Å². The van der Waals surface area contributed by atoms with E-state index in [1.54, 1.807) is 36.2 Å². The lowest BCUT2D eigenvalue weighted by Gasteiger charge is -2.29. The molecule has 0 bridgehead atoms. The third-order valence-electron chi connectivity index (χ3n) is 3.71. The molecule has 1 atom stereocenters. The summed E-state index contributed by atoms with van der Waals surface area (Å²) in [5, 5.41) is 12.1. The third kappa shape index (κ3) is 3.10. The van der Waals surface area contributed by atoms with Crippen molar-refractivity contribution in [3.8, 4) is 0 Å². The molecule has 108 valence electrons. The van der Waals surface area contributed by atoms with Gasteiger partial charge in [-0.05, 0) is 31.2 Å². The first-order valence-corrected chi connectivity index (χ1v) is 6.75. The quantitative estimate of drug-likeness (QED) is 0.864.